The second kappa shape index (κ2) is 11.1. The van der Waals surface area contributed by atoms with E-state index in [1.54, 1.807) is 66.9 Å². The predicted octanol–water partition coefficient (Wildman–Crippen LogP) is 5.70. The third-order valence-corrected chi connectivity index (χ3v) is 5.10. The molecule has 178 valence electrons. The number of nitrogens with one attached hydrogen (secondary N) is 2. The van der Waals surface area contributed by atoms with Gasteiger partial charge >= 0.3 is 0 Å². The average molecular weight is 474 g/mol. The molecule has 0 unspecified atom stereocenters. The van der Waals surface area contributed by atoms with Gasteiger partial charge in [-0.2, -0.15) is 0 Å². The van der Waals surface area contributed by atoms with Crippen molar-refractivity contribution in [2.24, 2.45) is 0 Å². The van der Waals surface area contributed by atoms with Gasteiger partial charge in [0, 0.05) is 35.3 Å². The molecule has 4 aromatic rings. The first-order chi connectivity index (χ1) is 17.0. The van der Waals surface area contributed by atoms with Gasteiger partial charge in [0.25, 0.3) is 5.91 Å². The van der Waals surface area contributed by atoms with E-state index in [4.69, 9.17) is 9.15 Å². The lowest BCUT2D eigenvalue weighted by molar-refractivity contribution is -0.116. The maximum atomic E-state index is 13.1. The standard InChI is InChI=1S/C27H24FN3O4/c1-2-34-23-13-11-22(12-14-23)31-27(33)19-5-9-21(10-6-19)30-25(32)15-16-26-29-17-24(35-26)18-3-7-20(28)8-4-18/h3-14,17H,2,15-16H2,1H3,(H,30,32)(H,31,33). The van der Waals surface area contributed by atoms with Crippen LogP contribution in [0.2, 0.25) is 0 Å². The van der Waals surface area contributed by atoms with E-state index < -0.39 is 0 Å². The third kappa shape index (κ3) is 6.54. The topological polar surface area (TPSA) is 93.5 Å². The number of hydrogen-bond acceptors (Lipinski definition) is 5. The van der Waals surface area contributed by atoms with Crippen LogP contribution in [-0.4, -0.2) is 23.4 Å². The molecule has 2 amide bonds. The molecule has 0 aliphatic heterocycles. The smallest absolute Gasteiger partial charge is 0.255 e. The van der Waals surface area contributed by atoms with Crippen LogP contribution in [0.3, 0.4) is 0 Å². The van der Waals surface area contributed by atoms with Crippen molar-refractivity contribution in [2.45, 2.75) is 19.8 Å². The minimum Gasteiger partial charge on any atom is -0.494 e. The molecule has 0 radical (unpaired) electrons. The average Bonchev–Trinajstić information content (AvgIpc) is 3.34. The van der Waals surface area contributed by atoms with E-state index in [0.717, 1.165) is 5.75 Å². The van der Waals surface area contributed by atoms with Gasteiger partial charge in [-0.1, -0.05) is 0 Å². The van der Waals surface area contributed by atoms with Gasteiger partial charge in [-0.05, 0) is 79.7 Å². The van der Waals surface area contributed by atoms with E-state index >= 15 is 0 Å². The zero-order valence-corrected chi connectivity index (χ0v) is 19.1. The predicted molar refractivity (Wildman–Crippen MR) is 131 cm³/mol. The van der Waals surface area contributed by atoms with E-state index in [0.29, 0.717) is 47.2 Å². The van der Waals surface area contributed by atoms with Gasteiger partial charge < -0.3 is 19.8 Å². The zero-order valence-electron chi connectivity index (χ0n) is 19.1. The maximum Gasteiger partial charge on any atom is 0.255 e. The summed E-state index contributed by atoms with van der Waals surface area (Å²) < 4.78 is 24.1. The largest absolute Gasteiger partial charge is 0.494 e. The minimum atomic E-state index is -0.327. The molecule has 0 saturated heterocycles. The summed E-state index contributed by atoms with van der Waals surface area (Å²) in [6, 6.07) is 19.7. The molecule has 0 aliphatic rings. The number of oxazole rings is 1. The van der Waals surface area contributed by atoms with Crippen LogP contribution in [0.25, 0.3) is 11.3 Å². The SMILES string of the molecule is CCOc1ccc(NC(=O)c2ccc(NC(=O)CCc3ncc(-c4ccc(F)cc4)o3)cc2)cc1. The first-order valence-corrected chi connectivity index (χ1v) is 11.1. The van der Waals surface area contributed by atoms with Crippen molar-refractivity contribution in [1.29, 1.82) is 0 Å². The van der Waals surface area contributed by atoms with E-state index in [1.165, 1.54) is 12.1 Å². The molecule has 35 heavy (non-hydrogen) atoms. The Morgan fingerprint density at radius 1 is 0.914 bits per heavy atom. The van der Waals surface area contributed by atoms with Crippen LogP contribution in [0.4, 0.5) is 15.8 Å². The van der Waals surface area contributed by atoms with Crippen molar-refractivity contribution in [3.05, 3.63) is 96.3 Å². The van der Waals surface area contributed by atoms with E-state index in [2.05, 4.69) is 15.6 Å². The van der Waals surface area contributed by atoms with E-state index in [9.17, 15) is 14.0 Å². The Morgan fingerprint density at radius 3 is 2.26 bits per heavy atom. The number of hydrogen-bond donors (Lipinski definition) is 2. The van der Waals surface area contributed by atoms with Gasteiger partial charge in [0.05, 0.1) is 12.8 Å². The molecule has 0 saturated carbocycles. The Hall–Kier alpha value is -4.46. The van der Waals surface area contributed by atoms with Crippen molar-refractivity contribution in [3.63, 3.8) is 0 Å². The number of rotatable bonds is 9. The highest BCUT2D eigenvalue weighted by atomic mass is 19.1. The Bertz CT molecular complexity index is 1280. The van der Waals surface area contributed by atoms with Gasteiger partial charge in [0.15, 0.2) is 11.7 Å². The number of carbonyl (C=O) groups excluding carboxylic acids is 2. The molecule has 1 heterocycles. The van der Waals surface area contributed by atoms with Crippen molar-refractivity contribution < 1.29 is 23.1 Å². The number of amides is 2. The summed E-state index contributed by atoms with van der Waals surface area (Å²) in [6.07, 6.45) is 2.04. The lowest BCUT2D eigenvalue weighted by Gasteiger charge is -2.08. The molecular formula is C27H24FN3O4. The Labute approximate surface area is 202 Å². The molecule has 3 aromatic carbocycles. The minimum absolute atomic E-state index is 0.170. The summed E-state index contributed by atoms with van der Waals surface area (Å²) in [5.74, 6) is 0.875. The lowest BCUT2D eigenvalue weighted by atomic mass is 10.2. The first kappa shape index (κ1) is 23.7. The lowest BCUT2D eigenvalue weighted by Crippen LogP contribution is -2.14. The van der Waals surface area contributed by atoms with Crippen LogP contribution < -0.4 is 15.4 Å². The number of carbonyl (C=O) groups is 2. The molecule has 8 heteroatoms. The maximum absolute atomic E-state index is 13.1. The van der Waals surface area contributed by atoms with Crippen molar-refractivity contribution >= 4 is 23.2 Å². The number of aryl methyl sites for hydroxylation is 1. The molecule has 0 spiro atoms. The van der Waals surface area contributed by atoms with E-state index in [1.807, 2.05) is 6.92 Å². The van der Waals surface area contributed by atoms with Gasteiger partial charge in [-0.25, -0.2) is 9.37 Å². The monoisotopic (exact) mass is 473 g/mol. The number of benzene rings is 3. The summed E-state index contributed by atoms with van der Waals surface area (Å²) in [4.78, 5) is 29.0. The molecule has 0 aliphatic carbocycles. The van der Waals surface area contributed by atoms with Crippen LogP contribution in [0.15, 0.2) is 83.4 Å². The summed E-state index contributed by atoms with van der Waals surface area (Å²) >= 11 is 0. The number of halogens is 1. The molecule has 4 rings (SSSR count). The molecule has 0 atom stereocenters. The normalized spacial score (nSPS) is 10.6. The van der Waals surface area contributed by atoms with Gasteiger partial charge in [0.2, 0.25) is 5.91 Å². The molecule has 7 nitrogen and oxygen atoms in total. The number of ether oxygens (including phenoxy) is 1. The summed E-state index contributed by atoms with van der Waals surface area (Å²) in [5.41, 5.74) is 2.41. The van der Waals surface area contributed by atoms with Gasteiger partial charge in [0.1, 0.15) is 11.6 Å². The third-order valence-electron chi connectivity index (χ3n) is 5.10. The highest BCUT2D eigenvalue weighted by molar-refractivity contribution is 6.04. The quantitative estimate of drug-likeness (QED) is 0.325. The Kier molecular flexibility index (Phi) is 7.52. The Morgan fingerprint density at radius 2 is 1.57 bits per heavy atom. The summed E-state index contributed by atoms with van der Waals surface area (Å²) in [6.45, 7) is 2.48. The van der Waals surface area contributed by atoms with Crippen molar-refractivity contribution in [1.82, 2.24) is 4.98 Å². The van der Waals surface area contributed by atoms with Crippen molar-refractivity contribution in [2.75, 3.05) is 17.2 Å². The molecular weight excluding hydrogens is 449 g/mol. The van der Waals surface area contributed by atoms with Crippen LogP contribution >= 0.6 is 0 Å². The Balaban J connectivity index is 1.26. The van der Waals surface area contributed by atoms with Gasteiger partial charge in [-0.3, -0.25) is 9.59 Å². The number of anilines is 2. The highest BCUT2D eigenvalue weighted by Crippen LogP contribution is 2.21. The summed E-state index contributed by atoms with van der Waals surface area (Å²) in [7, 11) is 0. The zero-order chi connectivity index (χ0) is 24.6. The fraction of sp³-hybridized carbons (Fsp3) is 0.148. The molecule has 1 aromatic heterocycles. The second-order valence-electron chi connectivity index (χ2n) is 7.66. The second-order valence-corrected chi connectivity index (χ2v) is 7.66. The number of nitrogens with zero attached hydrogens (tertiary/aromatic N) is 1. The van der Waals surface area contributed by atoms with E-state index in [-0.39, 0.29) is 24.1 Å². The van der Waals surface area contributed by atoms with Gasteiger partial charge in [-0.15, -0.1) is 0 Å². The number of aromatic nitrogens is 1. The molecule has 2 N–H and O–H groups in total. The van der Waals surface area contributed by atoms with Crippen molar-refractivity contribution in [3.8, 4) is 17.1 Å². The molecule has 0 fully saturated rings. The van der Waals surface area contributed by atoms with Crippen LogP contribution in [0.1, 0.15) is 29.6 Å². The fourth-order valence-electron chi connectivity index (χ4n) is 3.33. The van der Waals surface area contributed by atoms with Crippen LogP contribution in [-0.2, 0) is 11.2 Å². The van der Waals surface area contributed by atoms with Crippen LogP contribution in [0.5, 0.6) is 5.75 Å². The highest BCUT2D eigenvalue weighted by Gasteiger charge is 2.11. The molecule has 0 bridgehead atoms. The van der Waals surface area contributed by atoms with Crippen LogP contribution in [0, 0.1) is 5.82 Å². The fourth-order valence-corrected chi connectivity index (χ4v) is 3.33. The summed E-state index contributed by atoms with van der Waals surface area (Å²) in [5, 5.41) is 5.62. The first-order valence-electron chi connectivity index (χ1n) is 11.1.